The number of hydrogen-bond acceptors (Lipinski definition) is 6. The summed E-state index contributed by atoms with van der Waals surface area (Å²) in [4.78, 5) is 29.8. The van der Waals surface area contributed by atoms with E-state index in [9.17, 15) is 9.59 Å². The molecule has 0 bridgehead atoms. The largest absolute Gasteiger partial charge is 0.487 e. The number of fused-ring (bicyclic) bond motifs is 4. The van der Waals surface area contributed by atoms with Gasteiger partial charge in [0.25, 0.3) is 0 Å². The average Bonchev–Trinajstić information content (AvgIpc) is 3.55. The van der Waals surface area contributed by atoms with E-state index in [0.717, 1.165) is 27.1 Å². The van der Waals surface area contributed by atoms with E-state index in [1.165, 1.54) is 11.1 Å². The molecule has 0 saturated carbocycles. The van der Waals surface area contributed by atoms with Crippen LogP contribution in [0.5, 0.6) is 11.5 Å². The first-order valence-corrected chi connectivity index (χ1v) is 16.9. The number of hydrogen-bond donors (Lipinski definition) is 0. The van der Waals surface area contributed by atoms with Crippen molar-refractivity contribution < 1.29 is 19.1 Å². The summed E-state index contributed by atoms with van der Waals surface area (Å²) in [5, 5.41) is 2.93. The number of para-hydroxylation sites is 2. The van der Waals surface area contributed by atoms with Crippen LogP contribution in [0.15, 0.2) is 89.8 Å². The fraction of sp³-hybridized carbons (Fsp3) is 0.268. The summed E-state index contributed by atoms with van der Waals surface area (Å²) in [7, 11) is 0. The minimum atomic E-state index is -0.562. The first-order valence-electron chi connectivity index (χ1n) is 16.0. The van der Waals surface area contributed by atoms with Crippen LogP contribution in [0.1, 0.15) is 92.8 Å². The van der Waals surface area contributed by atoms with Crippen molar-refractivity contribution in [2.24, 2.45) is 0 Å². The number of nitrogens with zero attached hydrogens (tertiary/aromatic N) is 1. The van der Waals surface area contributed by atoms with Gasteiger partial charge in [0.05, 0.1) is 22.6 Å². The van der Waals surface area contributed by atoms with Crippen molar-refractivity contribution in [1.29, 1.82) is 0 Å². The number of benzene rings is 4. The van der Waals surface area contributed by atoms with E-state index >= 15 is 0 Å². The van der Waals surface area contributed by atoms with E-state index in [0.29, 0.717) is 28.2 Å². The van der Waals surface area contributed by atoms with Gasteiger partial charge in [0.15, 0.2) is 11.6 Å². The fourth-order valence-corrected chi connectivity index (χ4v) is 7.49. The average molecular weight is 642 g/mol. The number of allylic oxidation sites excluding steroid dienone is 1. The number of Topliss-reactive ketones (excluding diaryl/α,β-unsaturated/α-hetero) is 2. The fourth-order valence-electron chi connectivity index (χ4n) is 6.68. The number of ether oxygens (including phenoxy) is 2. The molecule has 5 nitrogen and oxygen atoms in total. The minimum Gasteiger partial charge on any atom is -0.487 e. The molecule has 238 valence electrons. The maximum absolute atomic E-state index is 13.8. The van der Waals surface area contributed by atoms with E-state index in [1.807, 2.05) is 77.3 Å². The van der Waals surface area contributed by atoms with Crippen LogP contribution in [0, 0.1) is 0 Å². The van der Waals surface area contributed by atoms with Gasteiger partial charge in [-0.2, -0.15) is 0 Å². The molecule has 5 aromatic rings. The standard InChI is InChI=1S/C41H39NO4S/c1-39(2,3)45-34-23-33(42-31-15-11-9-13-29(31)41(7,8)30-14-10-12-16-32(30)42)35(46-40(4,5)6)21-25(34)20-28-37(43)26-19-24-17-18-47-36(24)22-27(26)38(28)44/h9-23H,1-8H3/b28-20-. The number of carbonyl (C=O) groups is 2. The molecule has 4 aromatic carbocycles. The zero-order valence-electron chi connectivity index (χ0n) is 28.1. The quantitative estimate of drug-likeness (QED) is 0.144. The lowest BCUT2D eigenvalue weighted by molar-refractivity contribution is 0.0990. The Morgan fingerprint density at radius 3 is 1.83 bits per heavy atom. The summed E-state index contributed by atoms with van der Waals surface area (Å²) in [5.74, 6) is 0.623. The van der Waals surface area contributed by atoms with Crippen LogP contribution in [0.25, 0.3) is 16.2 Å². The Balaban J connectivity index is 1.47. The Morgan fingerprint density at radius 2 is 1.23 bits per heavy atom. The lowest BCUT2D eigenvalue weighted by Crippen LogP contribution is -2.31. The molecule has 1 aliphatic carbocycles. The molecule has 7 rings (SSSR count). The van der Waals surface area contributed by atoms with Crippen LogP contribution in [0.3, 0.4) is 0 Å². The Labute approximate surface area is 280 Å². The number of carbonyl (C=O) groups excluding carboxylic acids is 2. The van der Waals surface area contributed by atoms with Gasteiger partial charge in [-0.25, -0.2) is 0 Å². The molecule has 0 spiro atoms. The van der Waals surface area contributed by atoms with E-state index in [2.05, 4.69) is 67.3 Å². The molecule has 1 aliphatic heterocycles. The summed E-state index contributed by atoms with van der Waals surface area (Å²) >= 11 is 1.56. The van der Waals surface area contributed by atoms with Gasteiger partial charge < -0.3 is 14.4 Å². The van der Waals surface area contributed by atoms with Gasteiger partial charge in [-0.1, -0.05) is 50.2 Å². The van der Waals surface area contributed by atoms with Gasteiger partial charge in [-0.15, -0.1) is 11.3 Å². The van der Waals surface area contributed by atoms with Gasteiger partial charge in [-0.05, 0) is 106 Å². The van der Waals surface area contributed by atoms with Crippen LogP contribution in [-0.4, -0.2) is 22.8 Å². The highest BCUT2D eigenvalue weighted by molar-refractivity contribution is 7.17. The second-order valence-electron chi connectivity index (χ2n) is 14.9. The lowest BCUT2D eigenvalue weighted by atomic mass is 9.73. The van der Waals surface area contributed by atoms with Crippen LogP contribution in [0.2, 0.25) is 0 Å². The monoisotopic (exact) mass is 641 g/mol. The molecule has 0 amide bonds. The molecule has 0 radical (unpaired) electrons. The maximum Gasteiger partial charge on any atom is 0.197 e. The van der Waals surface area contributed by atoms with E-state index in [-0.39, 0.29) is 22.6 Å². The van der Waals surface area contributed by atoms with Crippen LogP contribution < -0.4 is 14.4 Å². The Kier molecular flexibility index (Phi) is 7.03. The summed E-state index contributed by atoms with van der Waals surface area (Å²) in [6, 6.07) is 26.5. The predicted octanol–water partition coefficient (Wildman–Crippen LogP) is 10.8. The van der Waals surface area contributed by atoms with Crippen molar-refractivity contribution in [2.45, 2.75) is 72.0 Å². The third-order valence-corrected chi connectivity index (χ3v) is 9.55. The van der Waals surface area contributed by atoms with Gasteiger partial charge in [0.1, 0.15) is 22.7 Å². The third kappa shape index (κ3) is 5.35. The number of rotatable bonds is 4. The molecule has 0 saturated heterocycles. The van der Waals surface area contributed by atoms with E-state index in [4.69, 9.17) is 9.47 Å². The van der Waals surface area contributed by atoms with Crippen molar-refractivity contribution in [3.05, 3.63) is 118 Å². The van der Waals surface area contributed by atoms with Crippen molar-refractivity contribution in [3.63, 3.8) is 0 Å². The molecular formula is C41H39NO4S. The summed E-state index contributed by atoms with van der Waals surface area (Å²) in [5.41, 5.74) is 5.61. The summed E-state index contributed by atoms with van der Waals surface area (Å²) in [6.07, 6.45) is 1.68. The molecule has 6 heteroatoms. The third-order valence-electron chi connectivity index (χ3n) is 8.67. The van der Waals surface area contributed by atoms with E-state index < -0.39 is 11.2 Å². The highest BCUT2D eigenvalue weighted by Crippen LogP contribution is 2.54. The molecular weight excluding hydrogens is 603 g/mol. The highest BCUT2D eigenvalue weighted by atomic mass is 32.1. The number of anilines is 3. The van der Waals surface area contributed by atoms with Crippen molar-refractivity contribution in [2.75, 3.05) is 4.90 Å². The number of thiophene rings is 1. The second-order valence-corrected chi connectivity index (χ2v) is 15.8. The highest BCUT2D eigenvalue weighted by Gasteiger charge is 2.39. The lowest BCUT2D eigenvalue weighted by Gasteiger charge is -2.42. The topological polar surface area (TPSA) is 55.8 Å². The molecule has 2 heterocycles. The first-order chi connectivity index (χ1) is 22.1. The van der Waals surface area contributed by atoms with Gasteiger partial charge >= 0.3 is 0 Å². The molecule has 0 atom stereocenters. The Morgan fingerprint density at radius 1 is 0.681 bits per heavy atom. The minimum absolute atomic E-state index is 0.126. The molecule has 2 aliphatic rings. The molecule has 1 aromatic heterocycles. The molecule has 47 heavy (non-hydrogen) atoms. The van der Waals surface area contributed by atoms with Crippen LogP contribution >= 0.6 is 11.3 Å². The normalized spacial score (nSPS) is 16.3. The SMILES string of the molecule is CC(C)(C)Oc1cc(N2c3ccccc3C(C)(C)c3ccccc32)c(OC(C)(C)C)cc1/C=C1/C(=O)c2cc3ccsc3cc2C1=O. The molecule has 0 fully saturated rings. The number of ketones is 2. The molecule has 0 N–H and O–H groups in total. The van der Waals surface area contributed by atoms with Crippen molar-refractivity contribution in [1.82, 2.24) is 0 Å². The van der Waals surface area contributed by atoms with Gasteiger partial charge in [0.2, 0.25) is 0 Å². The van der Waals surface area contributed by atoms with E-state index in [1.54, 1.807) is 17.4 Å². The van der Waals surface area contributed by atoms with Crippen LogP contribution in [0.4, 0.5) is 17.1 Å². The maximum atomic E-state index is 13.8. The predicted molar refractivity (Wildman–Crippen MR) is 192 cm³/mol. The van der Waals surface area contributed by atoms with Gasteiger partial charge in [0, 0.05) is 32.9 Å². The summed E-state index contributed by atoms with van der Waals surface area (Å²) in [6.45, 7) is 16.5. The van der Waals surface area contributed by atoms with Crippen LogP contribution in [-0.2, 0) is 5.41 Å². The second kappa shape index (κ2) is 10.7. The van der Waals surface area contributed by atoms with Crippen molar-refractivity contribution in [3.8, 4) is 11.5 Å². The van der Waals surface area contributed by atoms with Gasteiger partial charge in [-0.3, -0.25) is 9.59 Å². The molecule has 0 unspecified atom stereocenters. The first kappa shape index (κ1) is 30.9. The zero-order valence-corrected chi connectivity index (χ0v) is 29.0. The smallest absolute Gasteiger partial charge is 0.197 e. The summed E-state index contributed by atoms with van der Waals surface area (Å²) < 4.78 is 14.3. The zero-order chi connectivity index (χ0) is 33.5. The Hall–Kier alpha value is -4.68. The Bertz CT molecular complexity index is 2040. The van der Waals surface area contributed by atoms with Crippen molar-refractivity contribution >= 4 is 56.1 Å².